The van der Waals surface area contributed by atoms with Gasteiger partial charge in [-0.2, -0.15) is 8.42 Å². The van der Waals surface area contributed by atoms with Crippen LogP contribution in [0.25, 0.3) is 0 Å². The van der Waals surface area contributed by atoms with E-state index in [0.717, 1.165) is 5.56 Å². The van der Waals surface area contributed by atoms with Gasteiger partial charge in [0, 0.05) is 25.4 Å². The first-order chi connectivity index (χ1) is 16.8. The topological polar surface area (TPSA) is 103 Å². The van der Waals surface area contributed by atoms with Crippen molar-refractivity contribution in [3.63, 3.8) is 0 Å². The number of halogens is 1. The van der Waals surface area contributed by atoms with Gasteiger partial charge < -0.3 is 19.1 Å². The first kappa shape index (κ1) is 25.0. The third kappa shape index (κ3) is 5.77. The Labute approximate surface area is 210 Å². The summed E-state index contributed by atoms with van der Waals surface area (Å²) in [5.74, 6) is 1.60. The van der Waals surface area contributed by atoms with Crippen LogP contribution in [0, 0.1) is 0 Å². The second-order valence-corrected chi connectivity index (χ2v) is 10.2. The summed E-state index contributed by atoms with van der Waals surface area (Å²) in [5.41, 5.74) is 1.07. The Kier molecular flexibility index (Phi) is 7.63. The Morgan fingerprint density at radius 2 is 1.83 bits per heavy atom. The number of ether oxygens (including phenoxy) is 3. The molecule has 0 amide bonds. The predicted octanol–water partition coefficient (Wildman–Crippen LogP) is 4.69. The highest BCUT2D eigenvalue weighted by Crippen LogP contribution is 2.41. The quantitative estimate of drug-likeness (QED) is 0.428. The smallest absolute Gasteiger partial charge is 0.279 e. The van der Waals surface area contributed by atoms with Crippen molar-refractivity contribution in [3.05, 3.63) is 59.4 Å². The van der Waals surface area contributed by atoms with Crippen LogP contribution in [-0.2, 0) is 14.8 Å². The number of hydrogen-bond donors (Lipinski definition) is 1. The maximum Gasteiger partial charge on any atom is 0.279 e. The maximum atomic E-state index is 13.3. The molecule has 1 aliphatic heterocycles. The summed E-state index contributed by atoms with van der Waals surface area (Å²) in [6.07, 6.45) is 1.56. The number of para-hydroxylation sites is 2. The van der Waals surface area contributed by atoms with Gasteiger partial charge in [-0.25, -0.2) is 9.97 Å². The van der Waals surface area contributed by atoms with Crippen molar-refractivity contribution in [1.82, 2.24) is 9.97 Å². The van der Waals surface area contributed by atoms with Crippen molar-refractivity contribution >= 4 is 33.1 Å². The highest BCUT2D eigenvalue weighted by atomic mass is 35.5. The van der Waals surface area contributed by atoms with Crippen molar-refractivity contribution in [2.75, 3.05) is 43.0 Å². The number of hydrogen-bond acceptors (Lipinski definition) is 8. The number of methoxy groups -OCH3 is 1. The molecule has 0 saturated carbocycles. The van der Waals surface area contributed by atoms with E-state index in [2.05, 4.69) is 14.7 Å². The van der Waals surface area contributed by atoms with E-state index in [9.17, 15) is 8.42 Å². The average Bonchev–Trinajstić information content (AvgIpc) is 2.86. The van der Waals surface area contributed by atoms with Crippen LogP contribution in [0.2, 0.25) is 5.15 Å². The fourth-order valence-electron chi connectivity index (χ4n) is 3.52. The van der Waals surface area contributed by atoms with E-state index >= 15 is 0 Å². The number of sulfonamides is 1. The van der Waals surface area contributed by atoms with Crippen LogP contribution in [0.15, 0.2) is 53.7 Å². The molecule has 0 atom stereocenters. The van der Waals surface area contributed by atoms with Crippen molar-refractivity contribution < 1.29 is 22.6 Å². The van der Waals surface area contributed by atoms with Crippen LogP contribution in [0.1, 0.15) is 25.3 Å². The summed E-state index contributed by atoms with van der Waals surface area (Å²) in [7, 11) is -2.54. The monoisotopic (exact) mass is 518 g/mol. The molecule has 1 fully saturated rings. The summed E-state index contributed by atoms with van der Waals surface area (Å²) in [6, 6.07) is 11.8. The van der Waals surface area contributed by atoms with E-state index < -0.39 is 10.0 Å². The van der Waals surface area contributed by atoms with Gasteiger partial charge in [0.25, 0.3) is 10.0 Å². The van der Waals surface area contributed by atoms with Crippen LogP contribution in [0.5, 0.6) is 17.2 Å². The lowest BCUT2D eigenvalue weighted by molar-refractivity contribution is 0.122. The van der Waals surface area contributed by atoms with Gasteiger partial charge in [0.15, 0.2) is 27.4 Å². The lowest BCUT2D eigenvalue weighted by Crippen LogP contribution is -2.36. The zero-order valence-electron chi connectivity index (χ0n) is 19.7. The summed E-state index contributed by atoms with van der Waals surface area (Å²) in [4.78, 5) is 10.6. The SMILES string of the molecule is COc1ccccc1Oc1c(NS(=O)(=O)c2ccc(C(C)C)cn2)cc(N2CCOCC2)nc1Cl. The minimum Gasteiger partial charge on any atom is -0.493 e. The molecule has 186 valence electrons. The largest absolute Gasteiger partial charge is 0.493 e. The molecule has 3 heterocycles. The summed E-state index contributed by atoms with van der Waals surface area (Å²) in [5, 5.41) is -0.119. The molecule has 0 bridgehead atoms. The highest BCUT2D eigenvalue weighted by Gasteiger charge is 2.24. The minimum atomic E-state index is -4.05. The van der Waals surface area contributed by atoms with Gasteiger partial charge in [-0.05, 0) is 29.7 Å². The molecule has 1 saturated heterocycles. The summed E-state index contributed by atoms with van der Waals surface area (Å²) < 4.78 is 45.9. The first-order valence-corrected chi connectivity index (χ1v) is 13.0. The van der Waals surface area contributed by atoms with Crippen LogP contribution in [0.3, 0.4) is 0 Å². The maximum absolute atomic E-state index is 13.3. The molecule has 2 aromatic heterocycles. The van der Waals surface area contributed by atoms with Crippen molar-refractivity contribution in [1.29, 1.82) is 0 Å². The second-order valence-electron chi connectivity index (χ2n) is 8.19. The van der Waals surface area contributed by atoms with E-state index in [0.29, 0.717) is 43.6 Å². The van der Waals surface area contributed by atoms with Gasteiger partial charge in [-0.1, -0.05) is 43.6 Å². The number of nitrogens with one attached hydrogen (secondary N) is 1. The summed E-state index contributed by atoms with van der Waals surface area (Å²) >= 11 is 6.54. The molecule has 9 nitrogen and oxygen atoms in total. The Morgan fingerprint density at radius 3 is 2.46 bits per heavy atom. The molecule has 1 aliphatic rings. The number of aromatic nitrogens is 2. The molecule has 0 radical (unpaired) electrons. The fourth-order valence-corrected chi connectivity index (χ4v) is 4.73. The number of anilines is 2. The number of rotatable bonds is 8. The van der Waals surface area contributed by atoms with Gasteiger partial charge in [-0.3, -0.25) is 4.72 Å². The average molecular weight is 519 g/mol. The van der Waals surface area contributed by atoms with Crippen LogP contribution < -0.4 is 19.1 Å². The zero-order valence-corrected chi connectivity index (χ0v) is 21.3. The van der Waals surface area contributed by atoms with E-state index in [1.807, 2.05) is 18.7 Å². The van der Waals surface area contributed by atoms with Gasteiger partial charge in [0.1, 0.15) is 5.82 Å². The van der Waals surface area contributed by atoms with E-state index in [1.54, 1.807) is 42.6 Å². The molecular weight excluding hydrogens is 492 g/mol. The van der Waals surface area contributed by atoms with Crippen LogP contribution in [0.4, 0.5) is 11.5 Å². The Hall–Kier alpha value is -3.08. The van der Waals surface area contributed by atoms with Crippen molar-refractivity contribution in [2.24, 2.45) is 0 Å². The number of nitrogens with zero attached hydrogens (tertiary/aromatic N) is 3. The van der Waals surface area contributed by atoms with Crippen LogP contribution in [-0.4, -0.2) is 51.8 Å². The molecular formula is C24H27ClN4O5S. The molecule has 0 spiro atoms. The molecule has 1 aromatic carbocycles. The standard InChI is InChI=1S/C24H27ClN4O5S/c1-16(2)17-8-9-22(26-15-17)35(30,31)28-18-14-21(29-10-12-33-13-11-29)27-24(25)23(18)34-20-7-5-4-6-19(20)32-3/h4-9,14-16H,10-13H2,1-3H3,(H,27,28). The number of pyridine rings is 2. The molecule has 4 rings (SSSR count). The van der Waals surface area contributed by atoms with Gasteiger partial charge in [0.05, 0.1) is 26.0 Å². The van der Waals surface area contributed by atoms with Gasteiger partial charge in [0.2, 0.25) is 0 Å². The fraction of sp³-hybridized carbons (Fsp3) is 0.333. The molecule has 1 N–H and O–H groups in total. The van der Waals surface area contributed by atoms with Crippen molar-refractivity contribution in [2.45, 2.75) is 24.8 Å². The van der Waals surface area contributed by atoms with Crippen LogP contribution >= 0.6 is 11.6 Å². The predicted molar refractivity (Wildman–Crippen MR) is 134 cm³/mol. The minimum absolute atomic E-state index is 0.000660. The molecule has 35 heavy (non-hydrogen) atoms. The zero-order chi connectivity index (χ0) is 25.0. The lowest BCUT2D eigenvalue weighted by atomic mass is 10.1. The first-order valence-electron chi connectivity index (χ1n) is 11.1. The van der Waals surface area contributed by atoms with E-state index in [1.165, 1.54) is 13.2 Å². The third-order valence-corrected chi connectivity index (χ3v) is 7.02. The Bertz CT molecular complexity index is 1280. The van der Waals surface area contributed by atoms with E-state index in [4.69, 9.17) is 25.8 Å². The molecule has 11 heteroatoms. The summed E-state index contributed by atoms with van der Waals surface area (Å²) in [6.45, 7) is 6.28. The highest BCUT2D eigenvalue weighted by molar-refractivity contribution is 7.92. The molecule has 0 unspecified atom stereocenters. The Morgan fingerprint density at radius 1 is 1.11 bits per heavy atom. The number of morpholine rings is 1. The van der Waals surface area contributed by atoms with E-state index in [-0.39, 0.29) is 27.5 Å². The normalized spacial score (nSPS) is 14.1. The molecule has 3 aromatic rings. The number of benzene rings is 1. The van der Waals surface area contributed by atoms with Gasteiger partial charge >= 0.3 is 0 Å². The Balaban J connectivity index is 1.75. The second kappa shape index (κ2) is 10.7. The molecule has 0 aliphatic carbocycles. The third-order valence-electron chi connectivity index (χ3n) is 5.48. The van der Waals surface area contributed by atoms with Gasteiger partial charge in [-0.15, -0.1) is 0 Å². The lowest BCUT2D eigenvalue weighted by Gasteiger charge is -2.28. The van der Waals surface area contributed by atoms with Crippen molar-refractivity contribution in [3.8, 4) is 17.2 Å².